The quantitative estimate of drug-likeness (QED) is 0.490. The van der Waals surface area contributed by atoms with Crippen LogP contribution in [0, 0.1) is 0 Å². The van der Waals surface area contributed by atoms with E-state index in [0.717, 1.165) is 0 Å². The fourth-order valence-electron chi connectivity index (χ4n) is 0.684. The molecular formula is C6H5FeMgO7. The van der Waals surface area contributed by atoms with Crippen LogP contribution in [0.1, 0.15) is 12.8 Å². The number of hydrogen-bond acceptors (Lipinski definition) is 7. The Balaban J connectivity index is -0.000000720. The molecule has 0 spiro atoms. The van der Waals surface area contributed by atoms with E-state index in [4.69, 9.17) is 5.11 Å². The van der Waals surface area contributed by atoms with Crippen LogP contribution in [0.15, 0.2) is 0 Å². The maximum atomic E-state index is 10.1. The molecule has 0 rings (SSSR count). The molecule has 9 heteroatoms. The molecule has 0 aromatic heterocycles. The average molecular weight is 269 g/mol. The Morgan fingerprint density at radius 1 is 1.00 bits per heavy atom. The molecule has 0 atom stereocenters. The summed E-state index contributed by atoms with van der Waals surface area (Å²) in [6.45, 7) is 0. The minimum absolute atomic E-state index is 0. The van der Waals surface area contributed by atoms with Crippen LogP contribution < -0.4 is 15.3 Å². The van der Waals surface area contributed by atoms with Crippen LogP contribution in [0.5, 0.6) is 0 Å². The van der Waals surface area contributed by atoms with Gasteiger partial charge in [-0.15, -0.1) is 0 Å². The fraction of sp³-hybridized carbons (Fsp3) is 0.500. The van der Waals surface area contributed by atoms with Crippen LogP contribution in [0.4, 0.5) is 0 Å². The summed E-state index contributed by atoms with van der Waals surface area (Å²) < 4.78 is 0. The summed E-state index contributed by atoms with van der Waals surface area (Å²) in [5, 5.41) is 38.9. The molecule has 0 heterocycles. The number of carboxylic acid groups (broad SMARTS) is 3. The fourth-order valence-corrected chi connectivity index (χ4v) is 0.684. The summed E-state index contributed by atoms with van der Waals surface area (Å²) in [6.07, 6.45) is -2.72. The summed E-state index contributed by atoms with van der Waals surface area (Å²) >= 11 is 0. The van der Waals surface area contributed by atoms with E-state index >= 15 is 0 Å². The molecule has 0 saturated heterocycles. The van der Waals surface area contributed by atoms with E-state index in [0.29, 0.717) is 0 Å². The van der Waals surface area contributed by atoms with E-state index in [9.17, 15) is 29.7 Å². The molecule has 0 aliphatic carbocycles. The van der Waals surface area contributed by atoms with Gasteiger partial charge in [-0.2, -0.15) is 0 Å². The Bertz CT molecular complexity index is 238. The minimum Gasteiger partial charge on any atom is -0.550 e. The Morgan fingerprint density at radius 2 is 1.27 bits per heavy atom. The normalized spacial score (nSPS) is 9.40. The molecule has 81 valence electrons. The first kappa shape index (κ1) is 20.1. The number of rotatable bonds is 5. The molecule has 0 saturated carbocycles. The third kappa shape index (κ3) is 7.57. The van der Waals surface area contributed by atoms with Gasteiger partial charge in [0.1, 0.15) is 5.60 Å². The van der Waals surface area contributed by atoms with Gasteiger partial charge in [-0.05, 0) is 0 Å². The van der Waals surface area contributed by atoms with E-state index in [1.807, 2.05) is 0 Å². The molecule has 1 N–H and O–H groups in total. The molecule has 0 aromatic carbocycles. The maximum Gasteiger partial charge on any atom is 3.00 e. The molecule has 0 aromatic rings. The molecule has 3 radical (unpaired) electrons. The van der Waals surface area contributed by atoms with Crippen LogP contribution in [0.25, 0.3) is 0 Å². The first-order valence-corrected chi connectivity index (χ1v) is 3.11. The van der Waals surface area contributed by atoms with E-state index in [1.165, 1.54) is 0 Å². The number of aliphatic hydroxyl groups is 1. The number of carboxylic acids is 3. The van der Waals surface area contributed by atoms with Crippen molar-refractivity contribution in [3.05, 3.63) is 0 Å². The van der Waals surface area contributed by atoms with Crippen molar-refractivity contribution >= 4 is 41.0 Å². The zero-order valence-electron chi connectivity index (χ0n) is 7.37. The molecule has 0 bridgehead atoms. The SMILES string of the molecule is O=C([O-])CC(O)(CC(=O)[O-])C(=O)[O-].[Fe+3].[Mg]. The standard InChI is InChI=1S/C6H8O7.Fe.Mg/c7-3(8)1-6(13,5(11)12)2-4(9)10;;/h13H,1-2H2,(H,7,8)(H,9,10)(H,11,12);;/q;+3;/p-3. The van der Waals surface area contributed by atoms with E-state index in [-0.39, 0.29) is 40.1 Å². The van der Waals surface area contributed by atoms with Gasteiger partial charge in [0.2, 0.25) is 0 Å². The first-order valence-electron chi connectivity index (χ1n) is 3.11. The van der Waals surface area contributed by atoms with Gasteiger partial charge in [0.05, 0.1) is 5.97 Å². The van der Waals surface area contributed by atoms with Gasteiger partial charge in [-0.1, -0.05) is 0 Å². The minimum atomic E-state index is -2.97. The summed E-state index contributed by atoms with van der Waals surface area (Å²) in [6, 6.07) is 0. The smallest absolute Gasteiger partial charge is 0.550 e. The van der Waals surface area contributed by atoms with Crippen molar-refractivity contribution in [2.24, 2.45) is 0 Å². The summed E-state index contributed by atoms with van der Waals surface area (Å²) in [7, 11) is 0. The third-order valence-corrected chi connectivity index (χ3v) is 1.25. The van der Waals surface area contributed by atoms with Gasteiger partial charge in [0.25, 0.3) is 0 Å². The zero-order chi connectivity index (χ0) is 10.6. The number of aliphatic carboxylic acids is 3. The largest absolute Gasteiger partial charge is 3.00 e. The molecule has 0 amide bonds. The topological polar surface area (TPSA) is 141 Å². The van der Waals surface area contributed by atoms with Crippen molar-refractivity contribution < 1.29 is 51.9 Å². The summed E-state index contributed by atoms with van der Waals surface area (Å²) in [5.41, 5.74) is -2.97. The van der Waals surface area contributed by atoms with Crippen molar-refractivity contribution in [3.8, 4) is 0 Å². The molecule has 0 unspecified atom stereocenters. The second-order valence-electron chi connectivity index (χ2n) is 2.42. The van der Waals surface area contributed by atoms with Crippen LogP contribution >= 0.6 is 0 Å². The van der Waals surface area contributed by atoms with Gasteiger partial charge in [0.15, 0.2) is 0 Å². The third-order valence-electron chi connectivity index (χ3n) is 1.25. The molecule has 7 nitrogen and oxygen atoms in total. The second kappa shape index (κ2) is 7.88. The van der Waals surface area contributed by atoms with Gasteiger partial charge < -0.3 is 34.8 Å². The van der Waals surface area contributed by atoms with Gasteiger partial charge in [0, 0.05) is 47.8 Å². The van der Waals surface area contributed by atoms with E-state index < -0.39 is 36.4 Å². The van der Waals surface area contributed by atoms with Crippen LogP contribution in [0.2, 0.25) is 0 Å². The van der Waals surface area contributed by atoms with Gasteiger partial charge in [-0.25, -0.2) is 0 Å². The molecule has 15 heavy (non-hydrogen) atoms. The van der Waals surface area contributed by atoms with Crippen LogP contribution in [-0.4, -0.2) is 51.7 Å². The monoisotopic (exact) mass is 269 g/mol. The van der Waals surface area contributed by atoms with E-state index in [2.05, 4.69) is 0 Å². The van der Waals surface area contributed by atoms with Gasteiger partial charge in [-0.3, -0.25) is 0 Å². The number of carbonyl (C=O) groups excluding carboxylic acids is 3. The first-order chi connectivity index (χ1) is 5.78. The molecular weight excluding hydrogens is 264 g/mol. The Hall–Kier alpha value is -0.344. The van der Waals surface area contributed by atoms with Crippen molar-refractivity contribution in [1.29, 1.82) is 0 Å². The number of hydrogen-bond donors (Lipinski definition) is 1. The van der Waals surface area contributed by atoms with Crippen molar-refractivity contribution in [2.75, 3.05) is 0 Å². The average Bonchev–Trinajstić information content (AvgIpc) is 1.82. The Labute approximate surface area is 111 Å². The molecule has 0 fully saturated rings. The zero-order valence-corrected chi connectivity index (χ0v) is 9.89. The van der Waals surface area contributed by atoms with Crippen LogP contribution in [-0.2, 0) is 31.5 Å². The number of carbonyl (C=O) groups is 3. The van der Waals surface area contributed by atoms with E-state index in [1.54, 1.807) is 0 Å². The van der Waals surface area contributed by atoms with Crippen LogP contribution in [0.3, 0.4) is 0 Å². The summed E-state index contributed by atoms with van der Waals surface area (Å²) in [5.74, 6) is -5.98. The maximum absolute atomic E-state index is 10.1. The molecule has 0 aliphatic rings. The summed E-state index contributed by atoms with van der Waals surface area (Å²) in [4.78, 5) is 30.0. The Kier molecular flexibility index (Phi) is 10.6. The van der Waals surface area contributed by atoms with Crippen molar-refractivity contribution in [2.45, 2.75) is 18.4 Å². The van der Waals surface area contributed by atoms with Crippen molar-refractivity contribution in [3.63, 3.8) is 0 Å². The Morgan fingerprint density at radius 3 is 1.40 bits per heavy atom. The van der Waals surface area contributed by atoms with Crippen molar-refractivity contribution in [1.82, 2.24) is 0 Å². The predicted molar refractivity (Wildman–Crippen MR) is 35.0 cm³/mol. The predicted octanol–water partition coefficient (Wildman–Crippen LogP) is -5.64. The molecule has 0 aliphatic heterocycles. The van der Waals surface area contributed by atoms with Gasteiger partial charge >= 0.3 is 17.1 Å². The second-order valence-corrected chi connectivity index (χ2v) is 2.42.